The van der Waals surface area contributed by atoms with Gasteiger partial charge in [0.1, 0.15) is 18.0 Å². The van der Waals surface area contributed by atoms with E-state index in [1.807, 2.05) is 0 Å². The molecule has 3 heterocycles. The van der Waals surface area contributed by atoms with Gasteiger partial charge >= 0.3 is 0 Å². The Morgan fingerprint density at radius 3 is 2.03 bits per heavy atom. The lowest BCUT2D eigenvalue weighted by molar-refractivity contribution is 0.153. The second-order valence-corrected chi connectivity index (χ2v) is 8.89. The van der Waals surface area contributed by atoms with E-state index in [1.165, 1.54) is 58.2 Å². The average Bonchev–Trinajstić information content (AvgIpc) is 3.14. The zero-order valence-electron chi connectivity index (χ0n) is 18.3. The summed E-state index contributed by atoms with van der Waals surface area (Å²) in [5.41, 5.74) is 0.284. The van der Waals surface area contributed by atoms with Gasteiger partial charge in [0.2, 0.25) is 0 Å². The third kappa shape index (κ3) is 6.11. The summed E-state index contributed by atoms with van der Waals surface area (Å²) in [4.78, 5) is 9.75. The van der Waals surface area contributed by atoms with Gasteiger partial charge in [-0.25, -0.2) is 0 Å². The van der Waals surface area contributed by atoms with Crippen molar-refractivity contribution < 1.29 is 0 Å². The van der Waals surface area contributed by atoms with Crippen molar-refractivity contribution in [3.8, 4) is 12.1 Å². The highest BCUT2D eigenvalue weighted by Crippen LogP contribution is 2.23. The van der Waals surface area contributed by atoms with E-state index >= 15 is 0 Å². The maximum atomic E-state index is 9.52. The van der Waals surface area contributed by atoms with Gasteiger partial charge in [0.05, 0.1) is 0 Å². The van der Waals surface area contributed by atoms with Crippen LogP contribution in [0.5, 0.6) is 0 Å². The SMILES string of the molecule is CC1CCCCN1CCCN1CCN(CCCN2CCCCC2)C1=C(C#N)C#N. The molecule has 1 atom stereocenters. The largest absolute Gasteiger partial charge is 0.355 e. The zero-order valence-corrected chi connectivity index (χ0v) is 18.3. The van der Waals surface area contributed by atoms with Crippen LogP contribution in [0.15, 0.2) is 11.4 Å². The molecule has 0 radical (unpaired) electrons. The van der Waals surface area contributed by atoms with Gasteiger partial charge in [-0.2, -0.15) is 10.5 Å². The lowest BCUT2D eigenvalue weighted by Gasteiger charge is -2.34. The first-order valence-electron chi connectivity index (χ1n) is 11.7. The smallest absolute Gasteiger partial charge is 0.169 e. The van der Waals surface area contributed by atoms with Crippen LogP contribution < -0.4 is 0 Å². The topological polar surface area (TPSA) is 60.5 Å². The molecule has 0 aliphatic carbocycles. The van der Waals surface area contributed by atoms with Gasteiger partial charge in [-0.15, -0.1) is 0 Å². The zero-order chi connectivity index (χ0) is 20.5. The van der Waals surface area contributed by atoms with Crippen molar-refractivity contribution in [2.75, 3.05) is 58.9 Å². The second kappa shape index (κ2) is 11.4. The molecule has 6 nitrogen and oxygen atoms in total. The van der Waals surface area contributed by atoms with Crippen LogP contribution in [0.4, 0.5) is 0 Å². The summed E-state index contributed by atoms with van der Waals surface area (Å²) >= 11 is 0. The van der Waals surface area contributed by atoms with E-state index in [9.17, 15) is 10.5 Å². The summed E-state index contributed by atoms with van der Waals surface area (Å²) in [6, 6.07) is 5.00. The highest BCUT2D eigenvalue weighted by molar-refractivity contribution is 5.40. The Morgan fingerprint density at radius 2 is 1.41 bits per heavy atom. The van der Waals surface area contributed by atoms with Gasteiger partial charge in [-0.05, 0) is 71.6 Å². The summed E-state index contributed by atoms with van der Waals surface area (Å²) in [7, 11) is 0. The number of nitrogens with zero attached hydrogens (tertiary/aromatic N) is 6. The number of piperidine rings is 2. The fourth-order valence-electron chi connectivity index (χ4n) is 5.15. The standard InChI is InChI=1S/C23H38N6/c1-21-9-3-6-13-27(21)14-8-16-29-18-17-28(23(29)22(19-24)20-25)15-7-12-26-10-4-2-5-11-26/h21H,2-18H2,1H3. The monoisotopic (exact) mass is 398 g/mol. The molecule has 0 spiro atoms. The Morgan fingerprint density at radius 1 is 0.793 bits per heavy atom. The van der Waals surface area contributed by atoms with Crippen molar-refractivity contribution in [3.63, 3.8) is 0 Å². The van der Waals surface area contributed by atoms with Gasteiger partial charge in [-0.3, -0.25) is 0 Å². The molecule has 3 rings (SSSR count). The van der Waals surface area contributed by atoms with Gasteiger partial charge < -0.3 is 19.6 Å². The van der Waals surface area contributed by atoms with Crippen LogP contribution in [0.2, 0.25) is 0 Å². The average molecular weight is 399 g/mol. The summed E-state index contributed by atoms with van der Waals surface area (Å²) < 4.78 is 0. The van der Waals surface area contributed by atoms with Gasteiger partial charge in [-0.1, -0.05) is 12.8 Å². The fraction of sp³-hybridized carbons (Fsp3) is 0.826. The number of hydrogen-bond acceptors (Lipinski definition) is 6. The van der Waals surface area contributed by atoms with Gasteiger partial charge in [0.25, 0.3) is 0 Å². The molecule has 29 heavy (non-hydrogen) atoms. The lowest BCUT2D eigenvalue weighted by Crippen LogP contribution is -2.39. The third-order valence-corrected chi connectivity index (χ3v) is 6.85. The molecule has 0 amide bonds. The molecule has 3 fully saturated rings. The van der Waals surface area contributed by atoms with Crippen LogP contribution >= 0.6 is 0 Å². The Labute approximate surface area is 177 Å². The molecule has 3 aliphatic heterocycles. The van der Waals surface area contributed by atoms with E-state index < -0.39 is 0 Å². The van der Waals surface area contributed by atoms with Gasteiger partial charge in [0, 0.05) is 38.8 Å². The summed E-state index contributed by atoms with van der Waals surface area (Å²) in [5.74, 6) is 0.889. The van der Waals surface area contributed by atoms with Crippen LogP contribution in [0, 0.1) is 22.7 Å². The molecule has 0 saturated carbocycles. The minimum absolute atomic E-state index is 0.284. The van der Waals surface area contributed by atoms with E-state index in [1.54, 1.807) is 0 Å². The lowest BCUT2D eigenvalue weighted by atomic mass is 10.0. The molecule has 0 aromatic carbocycles. The molecule has 160 valence electrons. The number of allylic oxidation sites excluding steroid dienone is 1. The second-order valence-electron chi connectivity index (χ2n) is 8.89. The third-order valence-electron chi connectivity index (χ3n) is 6.85. The molecule has 3 saturated heterocycles. The number of likely N-dealkylation sites (tertiary alicyclic amines) is 2. The Kier molecular flexibility index (Phi) is 8.65. The molecule has 0 aromatic heterocycles. The first-order chi connectivity index (χ1) is 14.2. The molecule has 1 unspecified atom stereocenters. The van der Waals surface area contributed by atoms with Crippen LogP contribution in [0.1, 0.15) is 58.3 Å². The molecule has 0 N–H and O–H groups in total. The molecular formula is C23H38N6. The summed E-state index contributed by atoms with van der Waals surface area (Å²) in [5, 5.41) is 19.0. The Balaban J connectivity index is 1.51. The summed E-state index contributed by atoms with van der Waals surface area (Å²) in [6.45, 7) is 12.0. The van der Waals surface area contributed by atoms with Crippen molar-refractivity contribution in [1.82, 2.24) is 19.6 Å². The first kappa shape index (κ1) is 21.9. The van der Waals surface area contributed by atoms with E-state index in [0.29, 0.717) is 6.04 Å². The molecule has 6 heteroatoms. The van der Waals surface area contributed by atoms with E-state index in [-0.39, 0.29) is 5.57 Å². The minimum atomic E-state index is 0.284. The maximum Gasteiger partial charge on any atom is 0.169 e. The van der Waals surface area contributed by atoms with Crippen molar-refractivity contribution in [2.45, 2.75) is 64.3 Å². The number of hydrogen-bond donors (Lipinski definition) is 0. The Hall–Kier alpha value is -1.76. The molecular weight excluding hydrogens is 360 g/mol. The van der Waals surface area contributed by atoms with Crippen molar-refractivity contribution >= 4 is 0 Å². The van der Waals surface area contributed by atoms with Gasteiger partial charge in [0.15, 0.2) is 5.57 Å². The van der Waals surface area contributed by atoms with Crippen LogP contribution in [-0.4, -0.2) is 84.5 Å². The minimum Gasteiger partial charge on any atom is -0.355 e. The molecule has 0 bridgehead atoms. The van der Waals surface area contributed by atoms with Crippen molar-refractivity contribution in [3.05, 3.63) is 11.4 Å². The van der Waals surface area contributed by atoms with Crippen LogP contribution in [0.3, 0.4) is 0 Å². The van der Waals surface area contributed by atoms with Crippen molar-refractivity contribution in [1.29, 1.82) is 10.5 Å². The normalized spacial score (nSPS) is 23.8. The fourth-order valence-corrected chi connectivity index (χ4v) is 5.15. The summed E-state index contributed by atoms with van der Waals surface area (Å²) in [6.07, 6.45) is 10.2. The quantitative estimate of drug-likeness (QED) is 0.586. The number of nitriles is 2. The number of rotatable bonds is 8. The highest BCUT2D eigenvalue weighted by Gasteiger charge is 2.28. The highest BCUT2D eigenvalue weighted by atomic mass is 15.4. The van der Waals surface area contributed by atoms with Crippen LogP contribution in [-0.2, 0) is 0 Å². The molecule has 3 aliphatic rings. The van der Waals surface area contributed by atoms with Crippen molar-refractivity contribution in [2.24, 2.45) is 0 Å². The van der Waals surface area contributed by atoms with E-state index in [0.717, 1.165) is 57.9 Å². The first-order valence-corrected chi connectivity index (χ1v) is 11.7. The predicted octanol–water partition coefficient (Wildman–Crippen LogP) is 3.00. The maximum absolute atomic E-state index is 9.52. The molecule has 0 aromatic rings. The van der Waals surface area contributed by atoms with E-state index in [4.69, 9.17) is 0 Å². The van der Waals surface area contributed by atoms with E-state index in [2.05, 4.69) is 38.7 Å². The Bertz CT molecular complexity index is 608. The predicted molar refractivity (Wildman–Crippen MR) is 116 cm³/mol. The van der Waals surface area contributed by atoms with Crippen LogP contribution in [0.25, 0.3) is 0 Å².